The molecule has 0 bridgehead atoms. The van der Waals surface area contributed by atoms with E-state index in [9.17, 15) is 84.5 Å². The average molecular weight is 1430 g/mol. The van der Waals surface area contributed by atoms with Crippen LogP contribution in [0, 0.1) is 5.92 Å². The number of aromatic hydroxyl groups is 1. The number of hydrogen-bond donors (Lipinski definition) is 14. The molecule has 14 atom stereocenters. The van der Waals surface area contributed by atoms with Crippen LogP contribution in [0.25, 0.3) is 21.1 Å². The summed E-state index contributed by atoms with van der Waals surface area (Å²) in [6.45, 7) is 2.16. The molecule has 0 saturated carbocycles. The SMILES string of the molecule is COC1(c2ccc(Cl)cc2)CCN(c2ccc(-c3nnc(-c4ccc(C(=O)N[C@H]5CC(O)CNC(=O)C6C(O)C(C)CN6C(=O)C(C(O)CC(N)=O)NC(=O)C(C(O)C(O)c6ccc(O)c(OSOO[O-])c6)NC(=O)C6CC(O)CN6C(=O)C(C(C)O)NC5=O)cc4)s3)cc2)CC1.[Na+]. The number of nitrogens with zero attached hydrogens (tertiary/aromatic N) is 5. The van der Waals surface area contributed by atoms with Gasteiger partial charge in [-0.25, -0.2) is 0 Å². The van der Waals surface area contributed by atoms with Crippen LogP contribution in [0.3, 0.4) is 0 Å². The second-order valence-corrected chi connectivity index (χ2v) is 25.9. The molecule has 36 heteroatoms. The monoisotopic (exact) mass is 1430 g/mol. The molecule has 9 rings (SSSR count). The summed E-state index contributed by atoms with van der Waals surface area (Å²) in [5, 5.41) is 126. The van der Waals surface area contributed by atoms with Gasteiger partial charge in [-0.05, 0) is 91.6 Å². The smallest absolute Gasteiger partial charge is 0.691 e. The van der Waals surface area contributed by atoms with Crippen LogP contribution in [-0.4, -0.2) is 221 Å². The molecular formula is C62H73ClN11NaO21S2. The zero-order valence-electron chi connectivity index (χ0n) is 53.2. The fourth-order valence-electron chi connectivity index (χ4n) is 12.2. The number of anilines is 1. The quantitative estimate of drug-likeness (QED) is 0.0128. The zero-order chi connectivity index (χ0) is 70.2. The van der Waals surface area contributed by atoms with Crippen LogP contribution >= 0.6 is 35.3 Å². The normalized spacial score (nSPS) is 25.6. The van der Waals surface area contributed by atoms with Gasteiger partial charge in [0.25, 0.3) is 18.2 Å². The molecule has 8 amide bonds. The summed E-state index contributed by atoms with van der Waals surface area (Å²) >= 11 is 7.36. The molecule has 4 saturated heterocycles. The zero-order valence-corrected chi connectivity index (χ0v) is 57.6. The Morgan fingerprint density at radius 3 is 2.02 bits per heavy atom. The van der Waals surface area contributed by atoms with Gasteiger partial charge in [0.05, 0.1) is 42.5 Å². The number of aliphatic hydroxyl groups excluding tert-OH is 7. The Hall–Kier alpha value is -7.20. The second-order valence-electron chi connectivity index (χ2n) is 24.1. The number of ether oxygens (including phenoxy) is 1. The topological polar surface area (TPSA) is 480 Å². The number of carbonyl (C=O) groups excluding carboxylic acids is 8. The number of hydrogen-bond acceptors (Lipinski definition) is 26. The van der Waals surface area contributed by atoms with Gasteiger partial charge in [-0.2, -0.15) is 0 Å². The summed E-state index contributed by atoms with van der Waals surface area (Å²) < 4.78 is 15.1. The Kier molecular flexibility index (Phi) is 26.4. The van der Waals surface area contributed by atoms with Gasteiger partial charge in [-0.1, -0.05) is 60.2 Å². The number of primary amides is 1. The number of amides is 8. The molecule has 5 aromatic rings. The Morgan fingerprint density at radius 1 is 0.796 bits per heavy atom. The molecule has 4 aliphatic rings. The van der Waals surface area contributed by atoms with Crippen molar-refractivity contribution in [2.45, 2.75) is 131 Å². The maximum Gasteiger partial charge on any atom is 1.00 e. The predicted octanol–water partition coefficient (Wildman–Crippen LogP) is -5.14. The minimum atomic E-state index is -2.55. The number of aliphatic hydroxyl groups is 7. The van der Waals surface area contributed by atoms with Crippen molar-refractivity contribution in [2.24, 2.45) is 11.7 Å². The Labute approximate surface area is 595 Å². The van der Waals surface area contributed by atoms with Crippen LogP contribution in [0.15, 0.2) is 91.0 Å². The third kappa shape index (κ3) is 17.9. The van der Waals surface area contributed by atoms with Crippen molar-refractivity contribution in [2.75, 3.05) is 44.7 Å². The second kappa shape index (κ2) is 33.8. The summed E-state index contributed by atoms with van der Waals surface area (Å²) in [4.78, 5) is 118. The number of piperidine rings is 1. The van der Waals surface area contributed by atoms with E-state index >= 15 is 0 Å². The van der Waals surface area contributed by atoms with Crippen LogP contribution in [0.1, 0.15) is 73.5 Å². The van der Waals surface area contributed by atoms with Crippen LogP contribution in [0.4, 0.5) is 5.69 Å². The first-order chi connectivity index (χ1) is 46.2. The van der Waals surface area contributed by atoms with Crippen LogP contribution in [-0.2, 0) is 53.3 Å². The minimum absolute atomic E-state index is 0. The van der Waals surface area contributed by atoms with E-state index in [1.165, 1.54) is 30.4 Å². The van der Waals surface area contributed by atoms with Crippen LogP contribution in [0.2, 0.25) is 5.02 Å². The Bertz CT molecular complexity index is 3660. The van der Waals surface area contributed by atoms with Gasteiger partial charge in [-0.3, -0.25) is 43.4 Å². The van der Waals surface area contributed by atoms with Gasteiger partial charge in [0.2, 0.25) is 41.4 Å². The molecule has 0 aliphatic carbocycles. The number of halogens is 1. The van der Waals surface area contributed by atoms with Crippen molar-refractivity contribution >= 4 is 88.2 Å². The Morgan fingerprint density at radius 2 is 1.41 bits per heavy atom. The van der Waals surface area contributed by atoms with Crippen molar-refractivity contribution < 1.29 is 132 Å². The van der Waals surface area contributed by atoms with Gasteiger partial charge in [-0.15, -0.1) is 14.5 Å². The molecule has 4 fully saturated rings. The van der Waals surface area contributed by atoms with Gasteiger partial charge in [0.1, 0.15) is 58.5 Å². The number of phenolic OH excluding ortho intramolecular Hbond substituents is 1. The molecule has 0 spiro atoms. The number of phenols is 1. The van der Waals surface area contributed by atoms with Crippen molar-refractivity contribution in [1.82, 2.24) is 46.6 Å². The summed E-state index contributed by atoms with van der Waals surface area (Å²) in [7, 11) is 1.72. The summed E-state index contributed by atoms with van der Waals surface area (Å²) in [5.74, 6) is -12.0. The number of benzene rings is 4. The molecule has 4 aromatic carbocycles. The first-order valence-electron chi connectivity index (χ1n) is 30.6. The van der Waals surface area contributed by atoms with E-state index in [2.05, 4.69) is 51.1 Å². The summed E-state index contributed by atoms with van der Waals surface area (Å²) in [6.07, 6.45) is -14.7. The third-order valence-electron chi connectivity index (χ3n) is 17.6. The van der Waals surface area contributed by atoms with E-state index < -0.39 is 188 Å². The standard InChI is InChI=1S/C62H74ClN11O21S2.Na/c1-29-27-74-49(50(29)81)57(88)65-26-38(76)23-40(66-53(84)31-4-6-32(7-5-31)58-70-71-59(96-58)33-8-15-37(16-9-33)72-20-18-62(92-3,19-21-72)35-11-13-36(63)14-12-35)54(85)67-46(30(2)75)60(89)73-28-39(77)24-41(73)55(86)69-48(56(87)68-47(61(74)90)43(79)25-45(64)80)52(83)51(82)34-10-17-42(78)44(22-34)93-97-95-94-91;/h4-17,22,29-30,38-41,43,46-52,75-79,81-83,91H,18-21,23-28H2,1-3H3,(H2,64,80)(H,65,88)(H,66,84)(H,67,85)(H,68,87)(H,69,86);/q;+1/p-1/t29?,30?,38?,39?,40-,41?,43?,46?,47?,48?,49?,50?,51?,52?;/m0./s1. The van der Waals surface area contributed by atoms with Gasteiger partial charge < -0.3 is 102 Å². The third-order valence-corrected chi connectivity index (χ3v) is 19.2. The molecule has 15 N–H and O–H groups in total. The number of nitrogens with two attached hydrogens (primary N) is 1. The number of aromatic nitrogens is 2. The predicted molar refractivity (Wildman–Crippen MR) is 341 cm³/mol. The maximum absolute atomic E-state index is 14.7. The fourth-order valence-corrected chi connectivity index (χ4v) is 13.4. The van der Waals surface area contributed by atoms with Crippen LogP contribution in [0.5, 0.6) is 11.5 Å². The average Bonchev–Trinajstić information content (AvgIpc) is 1.26. The molecule has 32 nitrogen and oxygen atoms in total. The minimum Gasteiger partial charge on any atom is -0.691 e. The molecule has 0 radical (unpaired) electrons. The van der Waals surface area contributed by atoms with Crippen LogP contribution < -0.4 is 76.2 Å². The maximum atomic E-state index is 14.7. The molecule has 4 aliphatic heterocycles. The number of nitrogens with one attached hydrogen (secondary N) is 5. The molecule has 1 aromatic heterocycles. The number of rotatable bonds is 18. The number of carbonyl (C=O) groups is 8. The van der Waals surface area contributed by atoms with Gasteiger partial charge >= 0.3 is 29.6 Å². The van der Waals surface area contributed by atoms with E-state index in [4.69, 9.17) is 26.3 Å². The summed E-state index contributed by atoms with van der Waals surface area (Å²) in [5.41, 5.74) is 8.04. The number of fused-ring (bicyclic) bond motifs is 2. The van der Waals surface area contributed by atoms with E-state index in [-0.39, 0.29) is 53.0 Å². The van der Waals surface area contributed by atoms with Crippen molar-refractivity contribution in [3.05, 3.63) is 113 Å². The molecule has 13 unspecified atom stereocenters. The van der Waals surface area contributed by atoms with Crippen molar-refractivity contribution in [1.29, 1.82) is 0 Å². The summed E-state index contributed by atoms with van der Waals surface area (Å²) in [6, 6.07) is 12.2. The van der Waals surface area contributed by atoms with E-state index in [1.807, 2.05) is 48.5 Å². The van der Waals surface area contributed by atoms with E-state index in [0.29, 0.717) is 20.6 Å². The number of methoxy groups -OCH3 is 1. The van der Waals surface area contributed by atoms with E-state index in [0.717, 1.165) is 77.7 Å². The van der Waals surface area contributed by atoms with Crippen molar-refractivity contribution in [3.63, 3.8) is 0 Å². The molecule has 98 heavy (non-hydrogen) atoms. The molecule has 522 valence electrons. The van der Waals surface area contributed by atoms with Gasteiger partial charge in [0, 0.05) is 86.0 Å². The van der Waals surface area contributed by atoms with Gasteiger partial charge in [0.15, 0.2) is 11.5 Å². The van der Waals surface area contributed by atoms with Crippen molar-refractivity contribution in [3.8, 4) is 32.6 Å². The van der Waals surface area contributed by atoms with E-state index in [1.54, 1.807) is 19.2 Å². The first-order valence-corrected chi connectivity index (χ1v) is 32.5. The molecule has 5 heterocycles. The fraction of sp³-hybridized carbons (Fsp3) is 0.452. The molecular weight excluding hydrogens is 1360 g/mol. The number of β-amino-alcohol motifs (C(OH)–C–C–N with tert-alkyl or cyclic N) is 1. The largest absolute Gasteiger partial charge is 1.00 e. The first kappa shape index (κ1) is 76.6. The Balaban J connectivity index is 0.0000122.